The second-order valence-electron chi connectivity index (χ2n) is 3.34. The Balaban J connectivity index is 3.24. The summed E-state index contributed by atoms with van der Waals surface area (Å²) in [5.41, 5.74) is 0.249. The van der Waals surface area contributed by atoms with Crippen molar-refractivity contribution in [1.82, 2.24) is 0 Å². The molecule has 0 aromatic rings. The molecule has 84 valence electrons. The first-order valence-corrected chi connectivity index (χ1v) is 7.50. The number of alkyl halides is 4. The van der Waals surface area contributed by atoms with Gasteiger partial charge in [0.2, 0.25) is 0 Å². The third kappa shape index (κ3) is 2.89. The van der Waals surface area contributed by atoms with Gasteiger partial charge in [-0.15, -0.1) is 23.2 Å². The first kappa shape index (κ1) is 14.2. The van der Waals surface area contributed by atoms with E-state index in [1.54, 1.807) is 6.08 Å². The Bertz CT molecular complexity index is 349. The summed E-state index contributed by atoms with van der Waals surface area (Å²) < 4.78 is 0.358. The number of hydrogen-bond acceptors (Lipinski definition) is 1. The Kier molecular flexibility index (Phi) is 4.95. The second-order valence-corrected chi connectivity index (χ2v) is 8.35. The van der Waals surface area contributed by atoms with Crippen molar-refractivity contribution >= 4 is 76.8 Å². The first-order valence-electron chi connectivity index (χ1n) is 4.00. The fourth-order valence-corrected chi connectivity index (χ4v) is 3.49. The second kappa shape index (κ2) is 5.21. The monoisotopic (exact) mass is 438 g/mol. The van der Waals surface area contributed by atoms with Crippen LogP contribution in [-0.4, -0.2) is 14.4 Å². The molecule has 1 nitrogen and oxygen atoms in total. The quantitative estimate of drug-likeness (QED) is 0.568. The zero-order valence-electron chi connectivity index (χ0n) is 7.61. The van der Waals surface area contributed by atoms with Crippen LogP contribution < -0.4 is 0 Å². The normalized spacial score (nSPS) is 27.1. The number of halogens is 5. The highest BCUT2D eigenvalue weighted by molar-refractivity contribution is 9.24. The lowest BCUT2D eigenvalue weighted by atomic mass is 9.80. The molecule has 0 fully saturated rings. The zero-order chi connectivity index (χ0) is 11.8. The van der Waals surface area contributed by atoms with Crippen LogP contribution in [0.25, 0.3) is 0 Å². The van der Waals surface area contributed by atoms with Gasteiger partial charge >= 0.3 is 0 Å². The molecular formula is C9H7Br3Cl2O. The molecule has 1 aliphatic carbocycles. The van der Waals surface area contributed by atoms with Crippen molar-refractivity contribution in [2.75, 3.05) is 0 Å². The number of rotatable bonds is 2. The average Bonchev–Trinajstić information content (AvgIpc) is 2.10. The minimum atomic E-state index is -0.623. The Labute approximate surface area is 124 Å². The van der Waals surface area contributed by atoms with Gasteiger partial charge in [0, 0.05) is 5.41 Å². The van der Waals surface area contributed by atoms with E-state index >= 15 is 0 Å². The van der Waals surface area contributed by atoms with E-state index < -0.39 is 10.3 Å². The van der Waals surface area contributed by atoms with Crippen LogP contribution in [0.15, 0.2) is 22.2 Å². The first-order chi connectivity index (χ1) is 6.79. The molecule has 6 heteroatoms. The van der Waals surface area contributed by atoms with Gasteiger partial charge in [-0.2, -0.15) is 0 Å². The summed E-state index contributed by atoms with van der Waals surface area (Å²) in [6.07, 6.45) is 3.28. The van der Waals surface area contributed by atoms with Crippen LogP contribution in [-0.2, 0) is 4.79 Å². The molecule has 1 atom stereocenters. The van der Waals surface area contributed by atoms with Gasteiger partial charge in [0.15, 0.2) is 5.78 Å². The Morgan fingerprint density at radius 2 is 1.93 bits per heavy atom. The lowest BCUT2D eigenvalue weighted by Crippen LogP contribution is -2.31. The lowest BCUT2D eigenvalue weighted by molar-refractivity contribution is -0.110. The molecule has 1 aliphatic rings. The maximum Gasteiger partial charge on any atom is 0.192 e. The Morgan fingerprint density at radius 1 is 1.40 bits per heavy atom. The summed E-state index contributed by atoms with van der Waals surface area (Å²) in [6.45, 7) is 1.88. The van der Waals surface area contributed by atoms with E-state index in [1.807, 2.05) is 6.92 Å². The molecule has 0 N–H and O–H groups in total. The van der Waals surface area contributed by atoms with Crippen LogP contribution in [0.4, 0.5) is 0 Å². The Hall–Kier alpha value is 1.17. The summed E-state index contributed by atoms with van der Waals surface area (Å²) in [5.74, 6) is -0.0830. The highest BCUT2D eigenvalue weighted by Gasteiger charge is 2.39. The van der Waals surface area contributed by atoms with Gasteiger partial charge in [-0.05, 0) is 34.5 Å². The number of ketones is 1. The summed E-state index contributed by atoms with van der Waals surface area (Å²) in [4.78, 5) is 10.9. The molecule has 0 heterocycles. The van der Waals surface area contributed by atoms with Crippen molar-refractivity contribution in [3.05, 3.63) is 22.2 Å². The predicted molar refractivity (Wildman–Crippen MR) is 75.3 cm³/mol. The van der Waals surface area contributed by atoms with Crippen LogP contribution in [0.2, 0.25) is 0 Å². The standard InChI is InChI=1S/C9H7Br3Cl2O/c1-9(8(13)14)3-5(10)6(15)2-4(9)7(11)12/h2-3,7-8H,1H3. The van der Waals surface area contributed by atoms with Crippen molar-refractivity contribution in [3.63, 3.8) is 0 Å². The number of allylic oxidation sites excluding steroid dienone is 4. The van der Waals surface area contributed by atoms with Crippen LogP contribution in [0, 0.1) is 5.41 Å². The van der Waals surface area contributed by atoms with Crippen LogP contribution in [0.5, 0.6) is 0 Å². The molecule has 0 aromatic heterocycles. The smallest absolute Gasteiger partial charge is 0.192 e. The van der Waals surface area contributed by atoms with E-state index in [4.69, 9.17) is 23.2 Å². The fourth-order valence-electron chi connectivity index (χ4n) is 1.27. The van der Waals surface area contributed by atoms with E-state index in [-0.39, 0.29) is 9.52 Å². The molecule has 0 aliphatic heterocycles. The van der Waals surface area contributed by atoms with Crippen LogP contribution in [0.1, 0.15) is 6.92 Å². The summed E-state index contributed by atoms with van der Waals surface area (Å²) in [6, 6.07) is 0. The van der Waals surface area contributed by atoms with E-state index in [2.05, 4.69) is 47.8 Å². The van der Waals surface area contributed by atoms with Gasteiger partial charge < -0.3 is 0 Å². The predicted octanol–water partition coefficient (Wildman–Crippen LogP) is 4.70. The molecule has 1 unspecified atom stereocenters. The average molecular weight is 442 g/mol. The van der Waals surface area contributed by atoms with Gasteiger partial charge in [0.1, 0.15) is 4.84 Å². The van der Waals surface area contributed by atoms with Gasteiger partial charge in [-0.3, -0.25) is 4.79 Å². The molecule has 0 radical (unpaired) electrons. The SMILES string of the molecule is CC1(C(Cl)Cl)C=C(Br)C(=O)C=C1C(Br)Br. The van der Waals surface area contributed by atoms with Crippen molar-refractivity contribution in [1.29, 1.82) is 0 Å². The topological polar surface area (TPSA) is 17.1 Å². The molecular weight excluding hydrogens is 435 g/mol. The van der Waals surface area contributed by atoms with Gasteiger partial charge in [-0.1, -0.05) is 37.9 Å². The number of carbonyl (C=O) groups is 1. The van der Waals surface area contributed by atoms with Gasteiger partial charge in [-0.25, -0.2) is 0 Å². The minimum absolute atomic E-state index is 0.0830. The Morgan fingerprint density at radius 3 is 2.33 bits per heavy atom. The van der Waals surface area contributed by atoms with E-state index in [9.17, 15) is 4.79 Å². The summed E-state index contributed by atoms with van der Waals surface area (Å²) in [5, 5.41) is 0. The molecule has 15 heavy (non-hydrogen) atoms. The van der Waals surface area contributed by atoms with Gasteiger partial charge in [0.05, 0.1) is 8.22 Å². The third-order valence-electron chi connectivity index (χ3n) is 2.26. The number of hydrogen-bond donors (Lipinski definition) is 0. The minimum Gasteiger partial charge on any atom is -0.289 e. The molecule has 0 spiro atoms. The van der Waals surface area contributed by atoms with Crippen molar-refractivity contribution in [2.45, 2.75) is 15.5 Å². The lowest BCUT2D eigenvalue weighted by Gasteiger charge is -2.34. The van der Waals surface area contributed by atoms with Crippen LogP contribution in [0.3, 0.4) is 0 Å². The zero-order valence-corrected chi connectivity index (χ0v) is 13.9. The van der Waals surface area contributed by atoms with Crippen LogP contribution >= 0.6 is 71.0 Å². The fraction of sp³-hybridized carbons (Fsp3) is 0.444. The highest BCUT2D eigenvalue weighted by Crippen LogP contribution is 2.46. The third-order valence-corrected chi connectivity index (χ3v) is 4.77. The molecule has 0 saturated carbocycles. The van der Waals surface area contributed by atoms with Crippen molar-refractivity contribution in [3.8, 4) is 0 Å². The maximum atomic E-state index is 11.5. The summed E-state index contributed by atoms with van der Waals surface area (Å²) in [7, 11) is 0. The molecule has 1 rings (SSSR count). The van der Waals surface area contributed by atoms with E-state index in [0.29, 0.717) is 4.48 Å². The van der Waals surface area contributed by atoms with Gasteiger partial charge in [0.25, 0.3) is 0 Å². The number of carbonyl (C=O) groups excluding carboxylic acids is 1. The van der Waals surface area contributed by atoms with E-state index in [0.717, 1.165) is 5.57 Å². The summed E-state index contributed by atoms with van der Waals surface area (Å²) >= 11 is 21.8. The molecule has 0 saturated heterocycles. The van der Waals surface area contributed by atoms with Crippen molar-refractivity contribution in [2.24, 2.45) is 5.41 Å². The largest absolute Gasteiger partial charge is 0.289 e. The molecule has 0 aromatic carbocycles. The van der Waals surface area contributed by atoms with E-state index in [1.165, 1.54) is 6.08 Å². The highest BCUT2D eigenvalue weighted by atomic mass is 79.9. The molecule has 0 amide bonds. The maximum absolute atomic E-state index is 11.5. The molecule has 0 bridgehead atoms. The van der Waals surface area contributed by atoms with Crippen molar-refractivity contribution < 1.29 is 4.79 Å².